The summed E-state index contributed by atoms with van der Waals surface area (Å²) in [5.41, 5.74) is 2.97. The van der Waals surface area contributed by atoms with E-state index in [1.807, 2.05) is 61.5 Å². The number of allylic oxidation sites excluding steroid dienone is 1. The summed E-state index contributed by atoms with van der Waals surface area (Å²) in [4.78, 5) is 0. The largest absolute Gasteiger partial charge is 0.489 e. The van der Waals surface area contributed by atoms with E-state index in [2.05, 4.69) is 11.8 Å². The second kappa shape index (κ2) is 9.28. The van der Waals surface area contributed by atoms with E-state index in [0.29, 0.717) is 17.9 Å². The van der Waals surface area contributed by atoms with Gasteiger partial charge >= 0.3 is 0 Å². The van der Waals surface area contributed by atoms with Crippen molar-refractivity contribution in [1.82, 2.24) is 0 Å². The summed E-state index contributed by atoms with van der Waals surface area (Å²) in [6, 6.07) is 22.7. The van der Waals surface area contributed by atoms with Crippen LogP contribution in [0.15, 0.2) is 91.0 Å². The molecule has 0 aliphatic heterocycles. The second-order valence-corrected chi connectivity index (χ2v) is 7.06. The molecule has 31 heavy (non-hydrogen) atoms. The van der Waals surface area contributed by atoms with E-state index >= 15 is 0 Å². The molecular formula is C28H20F2O. The summed E-state index contributed by atoms with van der Waals surface area (Å²) in [6.45, 7) is 2.32. The highest BCUT2D eigenvalue weighted by molar-refractivity contribution is 5.84. The number of ether oxygens (including phenoxy) is 1. The summed E-state index contributed by atoms with van der Waals surface area (Å²) in [5.74, 6) is 6.17. The van der Waals surface area contributed by atoms with Crippen LogP contribution in [0.2, 0.25) is 0 Å². The minimum atomic E-state index is -0.329. The molecule has 0 spiro atoms. The standard InChI is InChI=1S/C28H20F2O/c1-2-3-16-31-26-14-15-27(28(30)19-26)22-9-6-20(7-10-22)4-5-21-8-11-24-18-25(29)13-12-23(24)17-21/h2-3,6-15,17-19H,16H2,1H3/b3-2+. The van der Waals surface area contributed by atoms with Gasteiger partial charge in [-0.3, -0.25) is 0 Å². The van der Waals surface area contributed by atoms with Crippen molar-refractivity contribution in [3.63, 3.8) is 0 Å². The zero-order valence-electron chi connectivity index (χ0n) is 17.0. The molecule has 4 aromatic carbocycles. The molecule has 0 unspecified atom stereocenters. The molecule has 3 heteroatoms. The lowest BCUT2D eigenvalue weighted by atomic mass is 10.0. The number of hydrogen-bond acceptors (Lipinski definition) is 1. The van der Waals surface area contributed by atoms with Gasteiger partial charge in [-0.15, -0.1) is 0 Å². The summed E-state index contributed by atoms with van der Waals surface area (Å²) in [7, 11) is 0. The summed E-state index contributed by atoms with van der Waals surface area (Å²) in [5, 5.41) is 1.78. The number of benzene rings is 4. The van der Waals surface area contributed by atoms with Gasteiger partial charge in [-0.2, -0.15) is 0 Å². The predicted molar refractivity (Wildman–Crippen MR) is 122 cm³/mol. The van der Waals surface area contributed by atoms with Crippen LogP contribution in [-0.4, -0.2) is 6.61 Å². The fourth-order valence-electron chi connectivity index (χ4n) is 3.23. The fraction of sp³-hybridized carbons (Fsp3) is 0.0714. The monoisotopic (exact) mass is 410 g/mol. The molecule has 0 atom stereocenters. The molecule has 0 saturated carbocycles. The van der Waals surface area contributed by atoms with Gasteiger partial charge < -0.3 is 4.74 Å². The van der Waals surface area contributed by atoms with Gasteiger partial charge in [0.2, 0.25) is 0 Å². The van der Waals surface area contributed by atoms with Gasteiger partial charge in [-0.25, -0.2) is 8.78 Å². The molecule has 0 saturated heterocycles. The Morgan fingerprint density at radius 2 is 1.48 bits per heavy atom. The van der Waals surface area contributed by atoms with E-state index < -0.39 is 0 Å². The number of rotatable bonds is 4. The quantitative estimate of drug-likeness (QED) is 0.257. The van der Waals surface area contributed by atoms with Crippen molar-refractivity contribution >= 4 is 10.8 Å². The van der Waals surface area contributed by atoms with Crippen molar-refractivity contribution in [2.75, 3.05) is 6.61 Å². The van der Waals surface area contributed by atoms with Gasteiger partial charge in [0.15, 0.2) is 0 Å². The van der Waals surface area contributed by atoms with Crippen LogP contribution in [0.4, 0.5) is 8.78 Å². The highest BCUT2D eigenvalue weighted by atomic mass is 19.1. The van der Waals surface area contributed by atoms with Gasteiger partial charge in [0.05, 0.1) is 0 Å². The lowest BCUT2D eigenvalue weighted by Crippen LogP contribution is -1.94. The minimum Gasteiger partial charge on any atom is -0.489 e. The van der Waals surface area contributed by atoms with Crippen LogP contribution < -0.4 is 4.74 Å². The van der Waals surface area contributed by atoms with E-state index in [1.165, 1.54) is 18.2 Å². The van der Waals surface area contributed by atoms with Gasteiger partial charge in [0.25, 0.3) is 0 Å². The van der Waals surface area contributed by atoms with E-state index in [4.69, 9.17) is 4.74 Å². The van der Waals surface area contributed by atoms with Crippen LogP contribution in [0, 0.1) is 23.5 Å². The Hall–Kier alpha value is -3.90. The zero-order valence-corrected chi connectivity index (χ0v) is 17.0. The molecule has 4 aromatic rings. The molecule has 0 bridgehead atoms. The third-order valence-corrected chi connectivity index (χ3v) is 4.87. The third kappa shape index (κ3) is 4.99. The number of fused-ring (bicyclic) bond motifs is 1. The first-order valence-electron chi connectivity index (χ1n) is 9.98. The van der Waals surface area contributed by atoms with E-state index in [-0.39, 0.29) is 11.6 Å². The maximum absolute atomic E-state index is 14.5. The maximum Gasteiger partial charge on any atom is 0.134 e. The third-order valence-electron chi connectivity index (χ3n) is 4.87. The van der Waals surface area contributed by atoms with E-state index in [0.717, 1.165) is 27.5 Å². The molecule has 152 valence electrons. The molecule has 0 amide bonds. The molecule has 0 fully saturated rings. The molecule has 4 rings (SSSR count). The molecule has 0 aromatic heterocycles. The topological polar surface area (TPSA) is 9.23 Å². The van der Waals surface area contributed by atoms with Crippen LogP contribution in [0.1, 0.15) is 18.1 Å². The normalized spacial score (nSPS) is 10.8. The molecule has 0 aliphatic carbocycles. The Morgan fingerprint density at radius 1 is 0.774 bits per heavy atom. The van der Waals surface area contributed by atoms with Crippen molar-refractivity contribution in [2.45, 2.75) is 6.92 Å². The average molecular weight is 410 g/mol. The first kappa shape index (κ1) is 20.4. The maximum atomic E-state index is 14.5. The van der Waals surface area contributed by atoms with Crippen LogP contribution in [0.3, 0.4) is 0 Å². The predicted octanol–water partition coefficient (Wildman–Crippen LogP) is 7.14. The molecule has 0 heterocycles. The van der Waals surface area contributed by atoms with Crippen molar-refractivity contribution < 1.29 is 13.5 Å². The number of hydrogen-bond donors (Lipinski definition) is 0. The Labute approximate surface area is 180 Å². The first-order chi connectivity index (χ1) is 15.1. The minimum absolute atomic E-state index is 0.251. The van der Waals surface area contributed by atoms with Crippen molar-refractivity contribution in [3.05, 3.63) is 114 Å². The van der Waals surface area contributed by atoms with Gasteiger partial charge in [0.1, 0.15) is 24.0 Å². The van der Waals surface area contributed by atoms with Crippen LogP contribution in [0.5, 0.6) is 5.75 Å². The Kier molecular flexibility index (Phi) is 6.10. The van der Waals surface area contributed by atoms with Gasteiger partial charge in [-0.1, -0.05) is 48.3 Å². The zero-order chi connectivity index (χ0) is 21.6. The van der Waals surface area contributed by atoms with Crippen LogP contribution >= 0.6 is 0 Å². The Bertz CT molecular complexity index is 1310. The smallest absolute Gasteiger partial charge is 0.134 e. The SMILES string of the molecule is C/C=C/COc1ccc(-c2ccc(C#Cc3ccc4cc(F)ccc4c3)cc2)c(F)c1. The van der Waals surface area contributed by atoms with Crippen LogP contribution in [-0.2, 0) is 0 Å². The average Bonchev–Trinajstić information content (AvgIpc) is 2.78. The molecule has 0 radical (unpaired) electrons. The van der Waals surface area contributed by atoms with Crippen molar-refractivity contribution in [3.8, 4) is 28.7 Å². The lowest BCUT2D eigenvalue weighted by Gasteiger charge is -2.07. The summed E-state index contributed by atoms with van der Waals surface area (Å²) < 4.78 is 33.3. The van der Waals surface area contributed by atoms with Crippen molar-refractivity contribution in [1.29, 1.82) is 0 Å². The highest BCUT2D eigenvalue weighted by Gasteiger charge is 2.07. The van der Waals surface area contributed by atoms with E-state index in [9.17, 15) is 8.78 Å². The van der Waals surface area contributed by atoms with Gasteiger partial charge in [-0.05, 0) is 71.8 Å². The molecule has 1 nitrogen and oxygen atoms in total. The molecule has 0 aliphatic rings. The Morgan fingerprint density at radius 3 is 2.26 bits per heavy atom. The summed E-state index contributed by atoms with van der Waals surface area (Å²) in [6.07, 6.45) is 3.75. The Balaban J connectivity index is 1.51. The van der Waals surface area contributed by atoms with Crippen molar-refractivity contribution in [2.24, 2.45) is 0 Å². The first-order valence-corrected chi connectivity index (χ1v) is 9.98. The lowest BCUT2D eigenvalue weighted by molar-refractivity contribution is 0.360. The van der Waals surface area contributed by atoms with E-state index in [1.54, 1.807) is 18.2 Å². The number of halogens is 2. The van der Waals surface area contributed by atoms with Gasteiger partial charge in [0, 0.05) is 22.8 Å². The molecular weight excluding hydrogens is 390 g/mol. The summed E-state index contributed by atoms with van der Waals surface area (Å²) >= 11 is 0. The highest BCUT2D eigenvalue weighted by Crippen LogP contribution is 2.26. The second-order valence-electron chi connectivity index (χ2n) is 7.06. The fourth-order valence-corrected chi connectivity index (χ4v) is 3.23. The molecule has 0 N–H and O–H groups in total. The van der Waals surface area contributed by atoms with Crippen LogP contribution in [0.25, 0.3) is 21.9 Å².